The molecule has 136 valence electrons. The highest BCUT2D eigenvalue weighted by Crippen LogP contribution is 2.31. The quantitative estimate of drug-likeness (QED) is 0.590. The Morgan fingerprint density at radius 2 is 1.73 bits per heavy atom. The summed E-state index contributed by atoms with van der Waals surface area (Å²) in [6.45, 7) is 0.877. The number of nitrogens with one attached hydrogen (secondary N) is 1. The highest BCUT2D eigenvalue weighted by molar-refractivity contribution is 6.34. The van der Waals surface area contributed by atoms with Crippen LogP contribution in [-0.2, 0) is 9.53 Å². The smallest absolute Gasteiger partial charge is 0.342 e. The number of hydrogen-bond acceptors (Lipinski definition) is 5. The van der Waals surface area contributed by atoms with Crippen molar-refractivity contribution in [1.82, 2.24) is 0 Å². The number of Topliss-reactive ketones (excluding diaryl/α,β-unsaturated/α-hetero) is 1. The van der Waals surface area contributed by atoms with Crippen LogP contribution < -0.4 is 10.1 Å². The predicted molar refractivity (Wildman–Crippen MR) is 98.4 cm³/mol. The van der Waals surface area contributed by atoms with Crippen LogP contribution in [0, 0.1) is 0 Å². The summed E-state index contributed by atoms with van der Waals surface area (Å²) in [5, 5.41) is 3.16. The van der Waals surface area contributed by atoms with Crippen molar-refractivity contribution in [3.05, 3.63) is 57.6 Å². The number of anilines is 1. The molecule has 0 aromatic heterocycles. The van der Waals surface area contributed by atoms with E-state index in [9.17, 15) is 14.4 Å². The Hall–Kier alpha value is -2.57. The molecule has 0 bridgehead atoms. The monoisotopic (exact) mass is 395 g/mol. The molecular weight excluding hydrogens is 381 g/mol. The third-order valence-electron chi connectivity index (χ3n) is 3.32. The molecule has 0 fully saturated rings. The van der Waals surface area contributed by atoms with Gasteiger partial charge < -0.3 is 14.8 Å². The molecule has 0 saturated heterocycles. The summed E-state index contributed by atoms with van der Waals surface area (Å²) >= 11 is 11.8. The Morgan fingerprint density at radius 3 is 2.31 bits per heavy atom. The summed E-state index contributed by atoms with van der Waals surface area (Å²) < 4.78 is 10.2. The van der Waals surface area contributed by atoms with Crippen molar-refractivity contribution in [3.63, 3.8) is 0 Å². The molecule has 0 atom stereocenters. The maximum absolute atomic E-state index is 12.3. The predicted octanol–water partition coefficient (Wildman–Crippen LogP) is 4.00. The van der Waals surface area contributed by atoms with E-state index in [-0.39, 0.29) is 28.0 Å². The van der Waals surface area contributed by atoms with Crippen molar-refractivity contribution in [2.24, 2.45) is 0 Å². The molecule has 0 aliphatic carbocycles. The molecule has 2 aromatic rings. The van der Waals surface area contributed by atoms with Gasteiger partial charge in [0.15, 0.2) is 12.4 Å². The van der Waals surface area contributed by atoms with Crippen LogP contribution in [0.4, 0.5) is 5.69 Å². The third kappa shape index (κ3) is 4.97. The lowest BCUT2D eigenvalue weighted by molar-refractivity contribution is -0.114. The maximum Gasteiger partial charge on any atom is 0.342 e. The minimum atomic E-state index is -0.777. The molecule has 2 aromatic carbocycles. The van der Waals surface area contributed by atoms with Crippen LogP contribution in [0.15, 0.2) is 36.4 Å². The van der Waals surface area contributed by atoms with E-state index in [1.54, 1.807) is 12.1 Å². The number of amides is 1. The first kappa shape index (κ1) is 19.8. The van der Waals surface area contributed by atoms with Crippen molar-refractivity contribution in [1.29, 1.82) is 0 Å². The van der Waals surface area contributed by atoms with Gasteiger partial charge in [-0.15, -0.1) is 0 Å². The van der Waals surface area contributed by atoms with Crippen LogP contribution >= 0.6 is 23.2 Å². The molecule has 1 N–H and O–H groups in total. The van der Waals surface area contributed by atoms with Gasteiger partial charge in [-0.2, -0.15) is 0 Å². The van der Waals surface area contributed by atoms with Gasteiger partial charge in [-0.25, -0.2) is 4.79 Å². The molecule has 0 radical (unpaired) electrons. The number of methoxy groups -OCH3 is 1. The summed E-state index contributed by atoms with van der Waals surface area (Å²) in [6, 6.07) is 8.93. The highest BCUT2D eigenvalue weighted by atomic mass is 35.5. The van der Waals surface area contributed by atoms with Crippen LogP contribution in [0.2, 0.25) is 10.0 Å². The van der Waals surface area contributed by atoms with Gasteiger partial charge in [0.25, 0.3) is 0 Å². The lowest BCUT2D eigenvalue weighted by atomic mass is 10.1. The van der Waals surface area contributed by atoms with E-state index in [1.807, 2.05) is 0 Å². The first-order valence-corrected chi connectivity index (χ1v) is 8.18. The zero-order chi connectivity index (χ0) is 19.3. The van der Waals surface area contributed by atoms with Crippen LogP contribution in [0.5, 0.6) is 5.75 Å². The van der Waals surface area contributed by atoms with E-state index in [4.69, 9.17) is 32.7 Å². The van der Waals surface area contributed by atoms with Crippen molar-refractivity contribution in [2.45, 2.75) is 6.92 Å². The highest BCUT2D eigenvalue weighted by Gasteiger charge is 2.19. The topological polar surface area (TPSA) is 81.7 Å². The molecule has 26 heavy (non-hydrogen) atoms. The van der Waals surface area contributed by atoms with Gasteiger partial charge in [0.1, 0.15) is 11.3 Å². The lowest BCUT2D eigenvalue weighted by Crippen LogP contribution is -2.15. The SMILES string of the molecule is COc1cc(NC(C)=O)c(Cl)cc1C(=O)OCC(=O)c1ccc(Cl)cc1. The summed E-state index contributed by atoms with van der Waals surface area (Å²) in [4.78, 5) is 35.5. The second-order valence-corrected chi connectivity index (χ2v) is 6.06. The van der Waals surface area contributed by atoms with E-state index >= 15 is 0 Å². The van der Waals surface area contributed by atoms with E-state index in [0.29, 0.717) is 16.3 Å². The van der Waals surface area contributed by atoms with Crippen LogP contribution in [0.3, 0.4) is 0 Å². The average molecular weight is 396 g/mol. The molecule has 0 saturated carbocycles. The van der Waals surface area contributed by atoms with E-state index in [0.717, 1.165) is 0 Å². The van der Waals surface area contributed by atoms with Gasteiger partial charge in [-0.3, -0.25) is 9.59 Å². The number of halogens is 2. The Bertz CT molecular complexity index is 849. The van der Waals surface area contributed by atoms with E-state index < -0.39 is 12.6 Å². The first-order chi connectivity index (χ1) is 12.3. The molecule has 0 unspecified atom stereocenters. The summed E-state index contributed by atoms with van der Waals surface area (Å²) in [5.41, 5.74) is 0.702. The summed E-state index contributed by atoms with van der Waals surface area (Å²) in [6.07, 6.45) is 0. The number of carbonyl (C=O) groups is 3. The fourth-order valence-corrected chi connectivity index (χ4v) is 2.43. The van der Waals surface area contributed by atoms with Gasteiger partial charge in [0, 0.05) is 23.6 Å². The van der Waals surface area contributed by atoms with Crippen molar-refractivity contribution < 1.29 is 23.9 Å². The van der Waals surface area contributed by atoms with Gasteiger partial charge in [0.05, 0.1) is 17.8 Å². The van der Waals surface area contributed by atoms with Crippen LogP contribution in [0.25, 0.3) is 0 Å². The Morgan fingerprint density at radius 1 is 1.08 bits per heavy atom. The zero-order valence-electron chi connectivity index (χ0n) is 14.0. The second-order valence-electron chi connectivity index (χ2n) is 5.22. The largest absolute Gasteiger partial charge is 0.496 e. The number of hydrogen-bond donors (Lipinski definition) is 1. The molecule has 0 spiro atoms. The minimum Gasteiger partial charge on any atom is -0.496 e. The van der Waals surface area contributed by atoms with Gasteiger partial charge in [-0.1, -0.05) is 23.2 Å². The molecule has 0 aliphatic rings. The zero-order valence-corrected chi connectivity index (χ0v) is 15.5. The van der Waals surface area contributed by atoms with Crippen molar-refractivity contribution in [2.75, 3.05) is 19.0 Å². The second kappa shape index (κ2) is 8.69. The van der Waals surface area contributed by atoms with E-state index in [1.165, 1.54) is 38.3 Å². The minimum absolute atomic E-state index is 0.0375. The number of rotatable bonds is 6. The normalized spacial score (nSPS) is 10.2. The molecule has 8 heteroatoms. The molecule has 6 nitrogen and oxygen atoms in total. The lowest BCUT2D eigenvalue weighted by Gasteiger charge is -2.12. The maximum atomic E-state index is 12.3. The number of benzene rings is 2. The Kier molecular flexibility index (Phi) is 6.60. The molecule has 2 rings (SSSR count). The number of ketones is 1. The molecule has 0 aliphatic heterocycles. The Balaban J connectivity index is 2.13. The number of carbonyl (C=O) groups excluding carboxylic acids is 3. The van der Waals surface area contributed by atoms with Crippen LogP contribution in [0.1, 0.15) is 27.6 Å². The fourth-order valence-electron chi connectivity index (χ4n) is 2.10. The number of ether oxygens (including phenoxy) is 2. The van der Waals surface area contributed by atoms with Crippen molar-refractivity contribution >= 4 is 46.5 Å². The van der Waals surface area contributed by atoms with E-state index in [2.05, 4.69) is 5.32 Å². The summed E-state index contributed by atoms with van der Waals surface area (Å²) in [5.74, 6) is -1.32. The van der Waals surface area contributed by atoms with Crippen molar-refractivity contribution in [3.8, 4) is 5.75 Å². The first-order valence-electron chi connectivity index (χ1n) is 7.43. The van der Waals surface area contributed by atoms with Gasteiger partial charge in [-0.05, 0) is 30.3 Å². The average Bonchev–Trinajstić information content (AvgIpc) is 2.61. The number of esters is 1. The van der Waals surface area contributed by atoms with Gasteiger partial charge in [0.2, 0.25) is 5.91 Å². The molecule has 1 amide bonds. The van der Waals surface area contributed by atoms with Crippen LogP contribution in [-0.4, -0.2) is 31.4 Å². The molecular formula is C18H15Cl2NO5. The van der Waals surface area contributed by atoms with Gasteiger partial charge >= 0.3 is 5.97 Å². The summed E-state index contributed by atoms with van der Waals surface area (Å²) in [7, 11) is 1.36. The molecule has 0 heterocycles. The fraction of sp³-hybridized carbons (Fsp3) is 0.167. The third-order valence-corrected chi connectivity index (χ3v) is 3.89. The Labute approximate surface area is 160 Å². The standard InChI is InChI=1S/C18H15Cl2NO5/c1-10(22)21-15-8-17(25-2)13(7-14(15)20)18(24)26-9-16(23)11-3-5-12(19)6-4-11/h3-8H,9H2,1-2H3,(H,21,22).